The molecule has 3 unspecified atom stereocenters. The molecule has 216 valence electrons. The second-order valence-electron chi connectivity index (χ2n) is 9.03. The van der Waals surface area contributed by atoms with Crippen molar-refractivity contribution in [2.24, 2.45) is 22.2 Å². The van der Waals surface area contributed by atoms with E-state index < -0.39 is 48.4 Å². The maximum atomic E-state index is 13.1. The number of hydrogen-bond acceptors (Lipinski definition) is 8. The number of phenolic OH excluding ortho intramolecular Hbond substituents is 2. The standard InChI is InChI=1S/C26H35N7O7/c27-19(2-1-11-30-26(28)29)23(37)31-14-22(36)32-20(12-15-3-7-17(34)8-4-15)24(38)33-21(25(39)40)13-16-5-9-18(35)10-6-16/h3-10,19-21,34-35H,1-2,11-14,27H2,(H,31,37)(H,32,36)(H,33,38)(H,39,40)(H4,28,29,30). The van der Waals surface area contributed by atoms with Crippen molar-refractivity contribution in [1.29, 1.82) is 0 Å². The lowest BCUT2D eigenvalue weighted by atomic mass is 10.0. The number of carbonyl (C=O) groups is 4. The topological polar surface area (TPSA) is 255 Å². The molecule has 0 aliphatic heterocycles. The average Bonchev–Trinajstić information content (AvgIpc) is 2.91. The van der Waals surface area contributed by atoms with Gasteiger partial charge in [0, 0.05) is 19.4 Å². The van der Waals surface area contributed by atoms with E-state index in [4.69, 9.17) is 17.2 Å². The van der Waals surface area contributed by atoms with Gasteiger partial charge in [0.1, 0.15) is 23.6 Å². The number of nitrogens with zero attached hydrogens (tertiary/aromatic N) is 1. The minimum atomic E-state index is -1.33. The van der Waals surface area contributed by atoms with Gasteiger partial charge in [0.2, 0.25) is 17.7 Å². The fraction of sp³-hybridized carbons (Fsp3) is 0.346. The lowest BCUT2D eigenvalue weighted by Gasteiger charge is -2.22. The molecule has 2 rings (SSSR count). The van der Waals surface area contributed by atoms with Crippen molar-refractivity contribution >= 4 is 29.7 Å². The number of rotatable bonds is 15. The molecule has 0 bridgehead atoms. The first-order valence-electron chi connectivity index (χ1n) is 12.4. The van der Waals surface area contributed by atoms with E-state index in [2.05, 4.69) is 20.9 Å². The highest BCUT2D eigenvalue weighted by molar-refractivity contribution is 5.92. The zero-order chi connectivity index (χ0) is 29.7. The molecule has 3 atom stereocenters. The Bertz CT molecular complexity index is 1180. The van der Waals surface area contributed by atoms with Crippen LogP contribution in [-0.2, 0) is 32.0 Å². The number of aliphatic carboxylic acids is 1. The van der Waals surface area contributed by atoms with Crippen molar-refractivity contribution in [2.45, 2.75) is 43.8 Å². The smallest absolute Gasteiger partial charge is 0.326 e. The number of guanidine groups is 1. The number of phenols is 2. The fourth-order valence-corrected chi connectivity index (χ4v) is 3.61. The molecule has 2 aromatic carbocycles. The number of carbonyl (C=O) groups excluding carboxylic acids is 3. The van der Waals surface area contributed by atoms with E-state index in [1.807, 2.05) is 0 Å². The first kappa shape index (κ1) is 31.4. The van der Waals surface area contributed by atoms with Crippen LogP contribution < -0.4 is 33.2 Å². The number of nitrogens with two attached hydrogens (primary N) is 3. The third kappa shape index (κ3) is 11.3. The van der Waals surface area contributed by atoms with E-state index in [1.165, 1.54) is 36.4 Å². The number of aliphatic imine (C=N–C) groups is 1. The third-order valence-corrected chi connectivity index (χ3v) is 5.75. The van der Waals surface area contributed by atoms with Crippen LogP contribution in [0.3, 0.4) is 0 Å². The second kappa shape index (κ2) is 15.5. The molecule has 0 fully saturated rings. The summed E-state index contributed by atoms with van der Waals surface area (Å²) in [5.74, 6) is -3.41. The number of benzene rings is 2. The van der Waals surface area contributed by atoms with Crippen LogP contribution in [0.2, 0.25) is 0 Å². The number of carboxylic acid groups (broad SMARTS) is 1. The number of hydrogen-bond donors (Lipinski definition) is 9. The molecule has 14 nitrogen and oxygen atoms in total. The summed E-state index contributed by atoms with van der Waals surface area (Å²) in [6.45, 7) is -0.183. The SMILES string of the molecule is NC(N)=NCCCC(N)C(=O)NCC(=O)NC(Cc1ccc(O)cc1)C(=O)NC(Cc1ccc(O)cc1)C(=O)O. The molecule has 0 spiro atoms. The molecular formula is C26H35N7O7. The van der Waals surface area contributed by atoms with Crippen LogP contribution in [0, 0.1) is 0 Å². The molecule has 0 aromatic heterocycles. The Morgan fingerprint density at radius 2 is 1.32 bits per heavy atom. The highest BCUT2D eigenvalue weighted by Gasteiger charge is 2.27. The predicted molar refractivity (Wildman–Crippen MR) is 146 cm³/mol. The van der Waals surface area contributed by atoms with Gasteiger partial charge in [0.05, 0.1) is 12.6 Å². The number of carboxylic acids is 1. The van der Waals surface area contributed by atoms with Crippen molar-refractivity contribution in [3.05, 3.63) is 59.7 Å². The van der Waals surface area contributed by atoms with E-state index >= 15 is 0 Å². The number of nitrogens with one attached hydrogen (secondary N) is 3. The Kier molecular flexibility index (Phi) is 12.2. The van der Waals surface area contributed by atoms with Crippen LogP contribution in [0.15, 0.2) is 53.5 Å². The van der Waals surface area contributed by atoms with Crippen molar-refractivity contribution < 1.29 is 34.5 Å². The third-order valence-electron chi connectivity index (χ3n) is 5.75. The quantitative estimate of drug-likeness (QED) is 0.0690. The van der Waals surface area contributed by atoms with Gasteiger partial charge < -0.3 is 48.5 Å². The van der Waals surface area contributed by atoms with Gasteiger partial charge in [0.15, 0.2) is 5.96 Å². The molecule has 0 aliphatic rings. The zero-order valence-electron chi connectivity index (χ0n) is 21.7. The van der Waals surface area contributed by atoms with Crippen LogP contribution in [0.5, 0.6) is 11.5 Å². The van der Waals surface area contributed by atoms with Crippen LogP contribution in [0.4, 0.5) is 0 Å². The van der Waals surface area contributed by atoms with Crippen LogP contribution in [0.25, 0.3) is 0 Å². The van der Waals surface area contributed by atoms with Gasteiger partial charge >= 0.3 is 5.97 Å². The normalized spacial score (nSPS) is 12.8. The van der Waals surface area contributed by atoms with E-state index in [0.717, 1.165) is 0 Å². The monoisotopic (exact) mass is 557 g/mol. The minimum Gasteiger partial charge on any atom is -0.508 e. The lowest BCUT2D eigenvalue weighted by molar-refractivity contribution is -0.142. The highest BCUT2D eigenvalue weighted by Crippen LogP contribution is 2.13. The number of amides is 3. The summed E-state index contributed by atoms with van der Waals surface area (Å²) in [6.07, 6.45) is 0.621. The first-order valence-corrected chi connectivity index (χ1v) is 12.4. The van der Waals surface area contributed by atoms with Gasteiger partial charge in [-0.2, -0.15) is 0 Å². The maximum absolute atomic E-state index is 13.1. The van der Waals surface area contributed by atoms with Gasteiger partial charge in [-0.3, -0.25) is 19.4 Å². The van der Waals surface area contributed by atoms with Crippen molar-refractivity contribution in [1.82, 2.24) is 16.0 Å². The molecule has 2 aromatic rings. The predicted octanol–water partition coefficient (Wildman–Crippen LogP) is -1.57. The van der Waals surface area contributed by atoms with Crippen LogP contribution >= 0.6 is 0 Å². The summed E-state index contributed by atoms with van der Waals surface area (Å²) in [5.41, 5.74) is 17.5. The molecule has 14 heteroatoms. The largest absolute Gasteiger partial charge is 0.508 e. The summed E-state index contributed by atoms with van der Waals surface area (Å²) in [4.78, 5) is 53.7. The van der Waals surface area contributed by atoms with Gasteiger partial charge in [-0.25, -0.2) is 4.79 Å². The molecule has 3 amide bonds. The van der Waals surface area contributed by atoms with E-state index in [-0.39, 0.29) is 36.7 Å². The number of aromatic hydroxyl groups is 2. The second-order valence-corrected chi connectivity index (χ2v) is 9.03. The average molecular weight is 558 g/mol. The van der Waals surface area contributed by atoms with Crippen molar-refractivity contribution in [2.75, 3.05) is 13.1 Å². The molecule has 0 saturated carbocycles. The molecular weight excluding hydrogens is 522 g/mol. The summed E-state index contributed by atoms with van der Waals surface area (Å²) in [7, 11) is 0. The van der Waals surface area contributed by atoms with Crippen molar-refractivity contribution in [3.8, 4) is 11.5 Å². The minimum absolute atomic E-state index is 0.00553. The maximum Gasteiger partial charge on any atom is 0.326 e. The Morgan fingerprint density at radius 3 is 1.82 bits per heavy atom. The molecule has 12 N–H and O–H groups in total. The Hall–Kier alpha value is -4.85. The van der Waals surface area contributed by atoms with Crippen molar-refractivity contribution in [3.63, 3.8) is 0 Å². The Morgan fingerprint density at radius 1 is 0.800 bits per heavy atom. The van der Waals surface area contributed by atoms with E-state index in [0.29, 0.717) is 24.1 Å². The molecule has 0 radical (unpaired) electrons. The highest BCUT2D eigenvalue weighted by atomic mass is 16.4. The lowest BCUT2D eigenvalue weighted by Crippen LogP contribution is -2.54. The molecule has 0 aliphatic carbocycles. The summed E-state index contributed by atoms with van der Waals surface area (Å²) in [5, 5.41) is 36.0. The first-order chi connectivity index (χ1) is 18.9. The zero-order valence-corrected chi connectivity index (χ0v) is 21.7. The van der Waals surface area contributed by atoms with Gasteiger partial charge in [0.25, 0.3) is 0 Å². The van der Waals surface area contributed by atoms with Crippen LogP contribution in [0.1, 0.15) is 24.0 Å². The van der Waals surface area contributed by atoms with Gasteiger partial charge in [-0.15, -0.1) is 0 Å². The Balaban J connectivity index is 2.04. The summed E-state index contributed by atoms with van der Waals surface area (Å²) >= 11 is 0. The molecule has 0 heterocycles. The van der Waals surface area contributed by atoms with Crippen LogP contribution in [-0.4, -0.2) is 76.2 Å². The summed E-state index contributed by atoms with van der Waals surface area (Å²) in [6, 6.07) is 8.33. The van der Waals surface area contributed by atoms with E-state index in [1.54, 1.807) is 12.1 Å². The molecule has 0 saturated heterocycles. The summed E-state index contributed by atoms with van der Waals surface area (Å²) < 4.78 is 0. The Labute approximate surface area is 230 Å². The fourth-order valence-electron chi connectivity index (χ4n) is 3.61. The van der Waals surface area contributed by atoms with Gasteiger partial charge in [-0.05, 0) is 48.2 Å². The van der Waals surface area contributed by atoms with Gasteiger partial charge in [-0.1, -0.05) is 24.3 Å². The molecule has 40 heavy (non-hydrogen) atoms. The van der Waals surface area contributed by atoms with E-state index in [9.17, 15) is 34.5 Å².